The molecule has 0 saturated heterocycles. The zero-order valence-electron chi connectivity index (χ0n) is 16.2. The summed E-state index contributed by atoms with van der Waals surface area (Å²) in [5, 5.41) is 1.07. The van der Waals surface area contributed by atoms with E-state index >= 15 is 0 Å². The van der Waals surface area contributed by atoms with Crippen molar-refractivity contribution in [2.45, 2.75) is 46.7 Å². The molecule has 3 rings (SSSR count). The second kappa shape index (κ2) is 7.28. The number of fused-ring (bicyclic) bond motifs is 1. The van der Waals surface area contributed by atoms with E-state index in [2.05, 4.69) is 44.8 Å². The molecule has 1 heterocycles. The largest absolute Gasteiger partial charge is 0.334 e. The van der Waals surface area contributed by atoms with Crippen LogP contribution in [0.2, 0.25) is 0 Å². The summed E-state index contributed by atoms with van der Waals surface area (Å²) in [5.41, 5.74) is 4.69. The van der Waals surface area contributed by atoms with Crippen LogP contribution >= 0.6 is 0 Å². The lowest BCUT2D eigenvalue weighted by Gasteiger charge is -2.31. The summed E-state index contributed by atoms with van der Waals surface area (Å²) < 4.78 is 0. The highest BCUT2D eigenvalue weighted by atomic mass is 16.2. The predicted molar refractivity (Wildman–Crippen MR) is 108 cm³/mol. The first-order chi connectivity index (χ1) is 12.4. The van der Waals surface area contributed by atoms with E-state index in [0.29, 0.717) is 0 Å². The molecule has 0 aliphatic rings. The van der Waals surface area contributed by atoms with Crippen LogP contribution in [0.4, 0.5) is 0 Å². The summed E-state index contributed by atoms with van der Waals surface area (Å²) in [6.45, 7) is 10.2. The molecule has 1 aromatic heterocycles. The number of carbonyl (C=O) groups is 1. The van der Waals surface area contributed by atoms with E-state index in [1.54, 1.807) is 0 Å². The number of pyridine rings is 1. The van der Waals surface area contributed by atoms with Crippen LogP contribution in [0.15, 0.2) is 54.6 Å². The number of benzene rings is 2. The average Bonchev–Trinajstić information content (AvgIpc) is 2.60. The van der Waals surface area contributed by atoms with Crippen LogP contribution in [0.25, 0.3) is 22.0 Å². The maximum atomic E-state index is 13.3. The predicted octanol–water partition coefficient (Wildman–Crippen LogP) is 5.47. The Morgan fingerprint density at radius 1 is 0.846 bits per heavy atom. The van der Waals surface area contributed by atoms with Gasteiger partial charge >= 0.3 is 0 Å². The third-order valence-corrected chi connectivity index (χ3v) is 4.67. The quantitative estimate of drug-likeness (QED) is 0.627. The Balaban J connectivity index is 2.19. The molecule has 0 unspecified atom stereocenters. The van der Waals surface area contributed by atoms with Gasteiger partial charge in [0.2, 0.25) is 0 Å². The van der Waals surface area contributed by atoms with E-state index in [9.17, 15) is 4.79 Å². The number of hydrogen-bond acceptors (Lipinski definition) is 2. The van der Waals surface area contributed by atoms with Gasteiger partial charge in [-0.25, -0.2) is 0 Å². The molecular weight excluding hydrogens is 320 g/mol. The van der Waals surface area contributed by atoms with Crippen molar-refractivity contribution >= 4 is 16.8 Å². The number of carbonyl (C=O) groups excluding carboxylic acids is 1. The molecule has 0 fully saturated rings. The van der Waals surface area contributed by atoms with Crippen LogP contribution in [-0.4, -0.2) is 27.9 Å². The first-order valence-corrected chi connectivity index (χ1v) is 9.18. The number of aromatic nitrogens is 1. The number of nitrogens with zero attached hydrogens (tertiary/aromatic N) is 2. The van der Waals surface area contributed by atoms with Gasteiger partial charge in [-0.3, -0.25) is 9.78 Å². The van der Waals surface area contributed by atoms with Crippen molar-refractivity contribution in [3.63, 3.8) is 0 Å². The summed E-state index contributed by atoms with van der Waals surface area (Å²) in [7, 11) is 0. The zero-order chi connectivity index (χ0) is 18.8. The normalized spacial score (nSPS) is 11.3. The third-order valence-electron chi connectivity index (χ3n) is 4.67. The van der Waals surface area contributed by atoms with Gasteiger partial charge in [-0.2, -0.15) is 0 Å². The maximum Gasteiger partial charge on any atom is 0.254 e. The van der Waals surface area contributed by atoms with E-state index in [1.807, 2.05) is 54.3 Å². The highest BCUT2D eigenvalue weighted by molar-refractivity contribution is 6.05. The molecule has 0 atom stereocenters. The smallest absolute Gasteiger partial charge is 0.254 e. The highest BCUT2D eigenvalue weighted by Gasteiger charge is 2.24. The summed E-state index contributed by atoms with van der Waals surface area (Å²) in [5.74, 6) is 0.0719. The summed E-state index contributed by atoms with van der Waals surface area (Å²) >= 11 is 0. The van der Waals surface area contributed by atoms with Crippen molar-refractivity contribution in [3.8, 4) is 11.1 Å². The fourth-order valence-corrected chi connectivity index (χ4v) is 3.60. The summed E-state index contributed by atoms with van der Waals surface area (Å²) in [6.07, 6.45) is 0. The van der Waals surface area contributed by atoms with Gasteiger partial charge in [0.1, 0.15) is 0 Å². The molecule has 3 nitrogen and oxygen atoms in total. The van der Waals surface area contributed by atoms with Crippen molar-refractivity contribution < 1.29 is 4.79 Å². The van der Waals surface area contributed by atoms with Gasteiger partial charge in [0.25, 0.3) is 5.91 Å². The van der Waals surface area contributed by atoms with Crippen molar-refractivity contribution in [1.29, 1.82) is 0 Å². The van der Waals surface area contributed by atoms with E-state index in [-0.39, 0.29) is 18.0 Å². The first-order valence-electron chi connectivity index (χ1n) is 9.18. The van der Waals surface area contributed by atoms with Gasteiger partial charge < -0.3 is 4.90 Å². The Morgan fingerprint density at radius 3 is 2.19 bits per heavy atom. The summed E-state index contributed by atoms with van der Waals surface area (Å²) in [6, 6.07) is 18.4. The molecule has 0 spiro atoms. The van der Waals surface area contributed by atoms with E-state index in [1.165, 1.54) is 0 Å². The molecule has 1 amide bonds. The topological polar surface area (TPSA) is 33.2 Å². The molecule has 0 aliphatic heterocycles. The number of amides is 1. The second-order valence-corrected chi connectivity index (χ2v) is 7.27. The molecule has 0 radical (unpaired) electrons. The fourth-order valence-electron chi connectivity index (χ4n) is 3.60. The number of hydrogen-bond donors (Lipinski definition) is 0. The van der Waals surface area contributed by atoms with Crippen LogP contribution in [0.1, 0.15) is 43.7 Å². The average molecular weight is 346 g/mol. The molecule has 0 saturated carbocycles. The number of aryl methyl sites for hydroxylation is 1. The van der Waals surface area contributed by atoms with Gasteiger partial charge in [0.05, 0.1) is 5.52 Å². The van der Waals surface area contributed by atoms with E-state index in [4.69, 9.17) is 0 Å². The first kappa shape index (κ1) is 18.1. The maximum absolute atomic E-state index is 13.3. The van der Waals surface area contributed by atoms with Gasteiger partial charge in [-0.1, -0.05) is 36.4 Å². The Morgan fingerprint density at radius 2 is 1.50 bits per heavy atom. The Hall–Kier alpha value is -2.68. The molecule has 0 bridgehead atoms. The Kier molecular flexibility index (Phi) is 5.08. The lowest BCUT2D eigenvalue weighted by Crippen LogP contribution is -2.42. The zero-order valence-corrected chi connectivity index (χ0v) is 16.2. The highest BCUT2D eigenvalue weighted by Crippen LogP contribution is 2.31. The molecule has 3 aromatic rings. The van der Waals surface area contributed by atoms with Gasteiger partial charge in [-0.15, -0.1) is 0 Å². The van der Waals surface area contributed by atoms with Crippen molar-refractivity contribution in [1.82, 2.24) is 9.88 Å². The van der Waals surface area contributed by atoms with Crippen LogP contribution in [0, 0.1) is 6.92 Å². The van der Waals surface area contributed by atoms with Crippen molar-refractivity contribution in [2.24, 2.45) is 0 Å². The molecule has 0 N–H and O–H groups in total. The van der Waals surface area contributed by atoms with Gasteiger partial charge in [0.15, 0.2) is 0 Å². The molecule has 134 valence electrons. The van der Waals surface area contributed by atoms with Crippen LogP contribution in [0.5, 0.6) is 0 Å². The second-order valence-electron chi connectivity index (χ2n) is 7.27. The van der Waals surface area contributed by atoms with Crippen molar-refractivity contribution in [2.75, 3.05) is 0 Å². The molecular formula is C23H26N2O. The van der Waals surface area contributed by atoms with Crippen molar-refractivity contribution in [3.05, 3.63) is 65.9 Å². The lowest BCUT2D eigenvalue weighted by atomic mass is 9.95. The molecule has 3 heteroatoms. The minimum Gasteiger partial charge on any atom is -0.334 e. The Labute approximate surface area is 155 Å². The monoisotopic (exact) mass is 346 g/mol. The summed E-state index contributed by atoms with van der Waals surface area (Å²) in [4.78, 5) is 19.9. The SMILES string of the molecule is Cc1ccc2c(-c3ccccc3C(=O)N(C(C)C)C(C)C)cccc2n1. The van der Waals surface area contributed by atoms with Gasteiger partial charge in [-0.05, 0) is 63.9 Å². The standard InChI is InChI=1S/C23H26N2O/c1-15(2)25(16(3)4)23(26)21-10-7-6-9-19(21)18-11-8-12-22-20(18)14-13-17(5)24-22/h6-16H,1-5H3. The fraction of sp³-hybridized carbons (Fsp3) is 0.304. The van der Waals surface area contributed by atoms with Gasteiger partial charge in [0, 0.05) is 28.7 Å². The molecule has 0 aliphatic carbocycles. The van der Waals surface area contributed by atoms with Crippen LogP contribution in [-0.2, 0) is 0 Å². The Bertz CT molecular complexity index is 936. The van der Waals surface area contributed by atoms with Crippen LogP contribution < -0.4 is 0 Å². The van der Waals surface area contributed by atoms with E-state index < -0.39 is 0 Å². The molecule has 2 aromatic carbocycles. The van der Waals surface area contributed by atoms with E-state index in [0.717, 1.165) is 33.3 Å². The lowest BCUT2D eigenvalue weighted by molar-refractivity contribution is 0.0644. The molecule has 26 heavy (non-hydrogen) atoms. The third kappa shape index (κ3) is 3.34. The minimum atomic E-state index is 0.0719. The number of rotatable bonds is 4. The minimum absolute atomic E-state index is 0.0719. The van der Waals surface area contributed by atoms with Crippen LogP contribution in [0.3, 0.4) is 0 Å².